The van der Waals surface area contributed by atoms with E-state index in [1.165, 1.54) is 0 Å². The lowest BCUT2D eigenvalue weighted by atomic mass is 10.1. The second kappa shape index (κ2) is 7.03. The predicted octanol–water partition coefficient (Wildman–Crippen LogP) is 0.862. The topological polar surface area (TPSA) is 62.9 Å². The van der Waals surface area contributed by atoms with Crippen molar-refractivity contribution in [1.82, 2.24) is 10.4 Å². The maximum absolute atomic E-state index is 6.01. The summed E-state index contributed by atoms with van der Waals surface area (Å²) in [6.45, 7) is 7.29. The van der Waals surface area contributed by atoms with Gasteiger partial charge in [-0.25, -0.2) is 4.99 Å². The van der Waals surface area contributed by atoms with Crippen molar-refractivity contribution in [1.29, 1.82) is 0 Å². The summed E-state index contributed by atoms with van der Waals surface area (Å²) in [7, 11) is 5.50. The summed E-state index contributed by atoms with van der Waals surface area (Å²) in [5.74, 6) is 1.50. The molecule has 0 rings (SSSR count). The van der Waals surface area contributed by atoms with Crippen LogP contribution < -0.4 is 11.2 Å². The molecule has 0 saturated heterocycles. The normalized spacial score (nSPS) is 15.2. The zero-order chi connectivity index (χ0) is 12.7. The number of hydroxylamine groups is 1. The van der Waals surface area contributed by atoms with Gasteiger partial charge in [0.15, 0.2) is 0 Å². The zero-order valence-corrected chi connectivity index (χ0v) is 10.7. The molecule has 0 aromatic heterocycles. The smallest absolute Gasteiger partial charge is 0.128 e. The SMILES string of the molecule is C=N/C(=C(/C)C(N)/C=C(\C)ONC)N(C)C. The lowest BCUT2D eigenvalue weighted by Gasteiger charge is -2.18. The highest BCUT2D eigenvalue weighted by atomic mass is 16.6. The molecule has 5 heteroatoms. The van der Waals surface area contributed by atoms with Gasteiger partial charge in [-0.2, -0.15) is 5.48 Å². The molecule has 16 heavy (non-hydrogen) atoms. The van der Waals surface area contributed by atoms with Gasteiger partial charge in [-0.3, -0.25) is 0 Å². The number of nitrogens with two attached hydrogens (primary N) is 1. The highest BCUT2D eigenvalue weighted by Gasteiger charge is 2.09. The number of hydrogen-bond donors (Lipinski definition) is 2. The van der Waals surface area contributed by atoms with Crippen molar-refractivity contribution >= 4 is 6.72 Å². The van der Waals surface area contributed by atoms with Crippen LogP contribution in [0.25, 0.3) is 0 Å². The predicted molar refractivity (Wildman–Crippen MR) is 67.8 cm³/mol. The molecular formula is C11H22N4O. The molecule has 0 aliphatic heterocycles. The van der Waals surface area contributed by atoms with Crippen molar-refractivity contribution in [3.8, 4) is 0 Å². The molecule has 3 N–H and O–H groups in total. The Morgan fingerprint density at radius 3 is 2.44 bits per heavy atom. The Hall–Kier alpha value is -1.33. The molecule has 1 unspecified atom stereocenters. The van der Waals surface area contributed by atoms with Crippen LogP contribution in [0.3, 0.4) is 0 Å². The number of nitrogens with zero attached hydrogens (tertiary/aromatic N) is 2. The van der Waals surface area contributed by atoms with Gasteiger partial charge in [-0.15, -0.1) is 0 Å². The molecule has 0 heterocycles. The molecule has 0 amide bonds. The zero-order valence-electron chi connectivity index (χ0n) is 10.7. The summed E-state index contributed by atoms with van der Waals surface area (Å²) in [4.78, 5) is 10.9. The second-order valence-corrected chi connectivity index (χ2v) is 3.67. The molecule has 92 valence electrons. The summed E-state index contributed by atoms with van der Waals surface area (Å²) < 4.78 is 0. The molecule has 0 saturated carbocycles. The highest BCUT2D eigenvalue weighted by molar-refractivity contribution is 5.32. The van der Waals surface area contributed by atoms with E-state index < -0.39 is 0 Å². The van der Waals surface area contributed by atoms with Crippen LogP contribution in [0.15, 0.2) is 28.2 Å². The van der Waals surface area contributed by atoms with Crippen molar-refractivity contribution < 1.29 is 4.84 Å². The van der Waals surface area contributed by atoms with Crippen LogP contribution in [-0.2, 0) is 4.84 Å². The Morgan fingerprint density at radius 2 is 2.06 bits per heavy atom. The first kappa shape index (κ1) is 14.7. The molecular weight excluding hydrogens is 204 g/mol. The van der Waals surface area contributed by atoms with Gasteiger partial charge in [-0.05, 0) is 32.2 Å². The third-order valence-corrected chi connectivity index (χ3v) is 2.10. The minimum absolute atomic E-state index is 0.240. The third-order valence-electron chi connectivity index (χ3n) is 2.10. The van der Waals surface area contributed by atoms with E-state index in [9.17, 15) is 0 Å². The van der Waals surface area contributed by atoms with Gasteiger partial charge in [0.2, 0.25) is 0 Å². The number of allylic oxidation sites excluding steroid dienone is 1. The van der Waals surface area contributed by atoms with E-state index in [0.29, 0.717) is 0 Å². The van der Waals surface area contributed by atoms with Crippen molar-refractivity contribution in [3.05, 3.63) is 23.2 Å². The monoisotopic (exact) mass is 226 g/mol. The second-order valence-electron chi connectivity index (χ2n) is 3.67. The minimum Gasteiger partial charge on any atom is -0.414 e. The Kier molecular flexibility index (Phi) is 6.44. The van der Waals surface area contributed by atoms with Crippen LogP contribution in [0.2, 0.25) is 0 Å². The minimum atomic E-state index is -0.240. The van der Waals surface area contributed by atoms with E-state index in [4.69, 9.17) is 10.6 Å². The summed E-state index contributed by atoms with van der Waals surface area (Å²) in [6, 6.07) is -0.240. The van der Waals surface area contributed by atoms with Crippen molar-refractivity contribution in [3.63, 3.8) is 0 Å². The van der Waals surface area contributed by atoms with E-state index in [2.05, 4.69) is 17.2 Å². The summed E-state index contributed by atoms with van der Waals surface area (Å²) >= 11 is 0. The number of rotatable bonds is 6. The van der Waals surface area contributed by atoms with Crippen molar-refractivity contribution in [2.24, 2.45) is 10.7 Å². The van der Waals surface area contributed by atoms with Crippen LogP contribution in [0, 0.1) is 0 Å². The van der Waals surface area contributed by atoms with Gasteiger partial charge in [0.25, 0.3) is 0 Å². The number of hydrogen-bond acceptors (Lipinski definition) is 5. The van der Waals surface area contributed by atoms with Gasteiger partial charge in [0.05, 0.1) is 6.04 Å². The van der Waals surface area contributed by atoms with E-state index in [-0.39, 0.29) is 6.04 Å². The summed E-state index contributed by atoms with van der Waals surface area (Å²) in [5, 5.41) is 0. The molecule has 0 spiro atoms. The fraction of sp³-hybridized carbons (Fsp3) is 0.545. The molecule has 1 atom stereocenters. The van der Waals surface area contributed by atoms with Crippen LogP contribution in [-0.4, -0.2) is 38.8 Å². The maximum atomic E-state index is 6.01. The Bertz CT molecular complexity index is 294. The fourth-order valence-electron chi connectivity index (χ4n) is 1.34. The van der Waals surface area contributed by atoms with Crippen molar-refractivity contribution in [2.75, 3.05) is 21.1 Å². The Labute approximate surface area is 97.6 Å². The van der Waals surface area contributed by atoms with E-state index in [0.717, 1.165) is 17.2 Å². The average Bonchev–Trinajstić information content (AvgIpc) is 2.18. The lowest BCUT2D eigenvalue weighted by molar-refractivity contribution is 0.127. The van der Waals surface area contributed by atoms with Crippen LogP contribution >= 0.6 is 0 Å². The first-order chi connectivity index (χ1) is 7.43. The molecule has 5 nitrogen and oxygen atoms in total. The first-order valence-electron chi connectivity index (χ1n) is 5.06. The van der Waals surface area contributed by atoms with Crippen LogP contribution in [0.1, 0.15) is 13.8 Å². The Morgan fingerprint density at radius 1 is 1.50 bits per heavy atom. The number of aliphatic imine (C=N–C) groups is 1. The first-order valence-corrected chi connectivity index (χ1v) is 5.06. The standard InChI is InChI=1S/C11H22N4O/c1-8(16-14-4)7-10(12)9(2)11(13-3)15(5)6/h7,10,14H,3,12H2,1-2,4-6H3/b8-7+,11-9+. The molecule has 0 radical (unpaired) electrons. The quantitative estimate of drug-likeness (QED) is 0.400. The van der Waals surface area contributed by atoms with Gasteiger partial charge in [0.1, 0.15) is 11.6 Å². The number of nitrogens with one attached hydrogen (secondary N) is 1. The molecule has 0 fully saturated rings. The van der Waals surface area contributed by atoms with Crippen LogP contribution in [0.4, 0.5) is 0 Å². The fourth-order valence-corrected chi connectivity index (χ4v) is 1.34. The van der Waals surface area contributed by atoms with E-state index in [1.807, 2.05) is 38.9 Å². The van der Waals surface area contributed by atoms with Crippen molar-refractivity contribution in [2.45, 2.75) is 19.9 Å². The van der Waals surface area contributed by atoms with Gasteiger partial charge >= 0.3 is 0 Å². The summed E-state index contributed by atoms with van der Waals surface area (Å²) in [6.07, 6.45) is 1.82. The van der Waals surface area contributed by atoms with Gasteiger partial charge in [-0.1, -0.05) is 0 Å². The van der Waals surface area contributed by atoms with Gasteiger partial charge in [0, 0.05) is 21.1 Å². The van der Waals surface area contributed by atoms with Gasteiger partial charge < -0.3 is 15.5 Å². The maximum Gasteiger partial charge on any atom is 0.128 e. The molecule has 0 aromatic rings. The highest BCUT2D eigenvalue weighted by Crippen LogP contribution is 2.12. The third kappa shape index (κ3) is 4.46. The average molecular weight is 226 g/mol. The van der Waals surface area contributed by atoms with Crippen LogP contribution in [0.5, 0.6) is 0 Å². The molecule has 0 aromatic carbocycles. The molecule has 0 aliphatic rings. The Balaban J connectivity index is 4.89. The lowest BCUT2D eigenvalue weighted by Crippen LogP contribution is -2.24. The molecule has 0 bridgehead atoms. The molecule has 0 aliphatic carbocycles. The van der Waals surface area contributed by atoms with E-state index >= 15 is 0 Å². The summed E-state index contributed by atoms with van der Waals surface area (Å²) in [5.41, 5.74) is 9.54. The van der Waals surface area contributed by atoms with E-state index in [1.54, 1.807) is 7.05 Å². The largest absolute Gasteiger partial charge is 0.414 e.